The van der Waals surface area contributed by atoms with Crippen molar-refractivity contribution in [2.45, 2.75) is 38.5 Å². The number of hydrogen-bond donors (Lipinski definition) is 1. The number of amides is 1. The Kier molecular flexibility index (Phi) is 5.60. The zero-order valence-corrected chi connectivity index (χ0v) is 12.5. The zero-order chi connectivity index (χ0) is 14.4. The van der Waals surface area contributed by atoms with E-state index < -0.39 is 0 Å². The van der Waals surface area contributed by atoms with Gasteiger partial charge in [0.2, 0.25) is 0 Å². The smallest absolute Gasteiger partial charge is 0.253 e. The van der Waals surface area contributed by atoms with Crippen molar-refractivity contribution in [3.05, 3.63) is 35.4 Å². The minimum absolute atomic E-state index is 0.139. The third-order valence-corrected chi connectivity index (χ3v) is 4.26. The first kappa shape index (κ1) is 15.0. The summed E-state index contributed by atoms with van der Waals surface area (Å²) in [7, 11) is 1.93. The second-order valence-electron chi connectivity index (χ2n) is 5.89. The summed E-state index contributed by atoms with van der Waals surface area (Å²) in [5.74, 6) is 0.819. The van der Waals surface area contributed by atoms with Crippen LogP contribution < -0.4 is 5.73 Å². The number of carbonyl (C=O) groups excluding carboxylic acids is 1. The van der Waals surface area contributed by atoms with E-state index in [-0.39, 0.29) is 5.91 Å². The third-order valence-electron chi connectivity index (χ3n) is 4.26. The largest absolute Gasteiger partial charge is 0.341 e. The molecule has 0 radical (unpaired) electrons. The van der Waals surface area contributed by atoms with E-state index in [1.807, 2.05) is 36.2 Å². The maximum absolute atomic E-state index is 12.6. The Morgan fingerprint density at radius 3 is 2.65 bits per heavy atom. The Labute approximate surface area is 122 Å². The highest BCUT2D eigenvalue weighted by atomic mass is 16.2. The summed E-state index contributed by atoms with van der Waals surface area (Å²) < 4.78 is 0. The molecule has 1 fully saturated rings. The van der Waals surface area contributed by atoms with Gasteiger partial charge in [0.25, 0.3) is 5.91 Å². The van der Waals surface area contributed by atoms with Crippen LogP contribution in [0, 0.1) is 5.92 Å². The van der Waals surface area contributed by atoms with Gasteiger partial charge in [0, 0.05) is 19.2 Å². The summed E-state index contributed by atoms with van der Waals surface area (Å²) in [6.07, 6.45) is 7.28. The third kappa shape index (κ3) is 3.83. The maximum atomic E-state index is 12.6. The molecule has 0 aliphatic heterocycles. The van der Waals surface area contributed by atoms with Gasteiger partial charge in [-0.2, -0.15) is 0 Å². The van der Waals surface area contributed by atoms with Crippen molar-refractivity contribution in [1.29, 1.82) is 0 Å². The summed E-state index contributed by atoms with van der Waals surface area (Å²) >= 11 is 0. The van der Waals surface area contributed by atoms with Crippen molar-refractivity contribution in [2.24, 2.45) is 11.7 Å². The lowest BCUT2D eigenvalue weighted by Crippen LogP contribution is -2.33. The molecule has 0 atom stereocenters. The minimum atomic E-state index is 0.139. The van der Waals surface area contributed by atoms with Crippen LogP contribution in [-0.4, -0.2) is 30.9 Å². The van der Waals surface area contributed by atoms with Crippen LogP contribution in [0.25, 0.3) is 0 Å². The summed E-state index contributed by atoms with van der Waals surface area (Å²) in [4.78, 5) is 14.5. The van der Waals surface area contributed by atoms with Crippen molar-refractivity contribution in [1.82, 2.24) is 4.90 Å². The van der Waals surface area contributed by atoms with Gasteiger partial charge in [0.05, 0.1) is 0 Å². The number of hydrogen-bond acceptors (Lipinski definition) is 2. The van der Waals surface area contributed by atoms with Crippen molar-refractivity contribution in [3.8, 4) is 0 Å². The minimum Gasteiger partial charge on any atom is -0.341 e. The standard InChI is InChI=1S/C17H26N2O/c1-19(13-14-7-3-2-4-8-14)17(20)16-10-6-5-9-15(16)11-12-18/h5-6,9-10,14H,2-4,7-8,11-13,18H2,1H3. The van der Waals surface area contributed by atoms with Crippen molar-refractivity contribution < 1.29 is 4.79 Å². The lowest BCUT2D eigenvalue weighted by atomic mass is 9.89. The number of nitrogens with zero attached hydrogens (tertiary/aromatic N) is 1. The van der Waals surface area contributed by atoms with Gasteiger partial charge in [0.15, 0.2) is 0 Å². The molecule has 0 aromatic heterocycles. The van der Waals surface area contributed by atoms with Crippen LogP contribution in [-0.2, 0) is 6.42 Å². The van der Waals surface area contributed by atoms with Crippen LogP contribution in [0.2, 0.25) is 0 Å². The van der Waals surface area contributed by atoms with Crippen molar-refractivity contribution in [2.75, 3.05) is 20.1 Å². The van der Waals surface area contributed by atoms with Crippen LogP contribution >= 0.6 is 0 Å². The second-order valence-corrected chi connectivity index (χ2v) is 5.89. The molecule has 1 aliphatic carbocycles. The quantitative estimate of drug-likeness (QED) is 0.897. The summed E-state index contributed by atoms with van der Waals surface area (Å²) in [6, 6.07) is 7.84. The molecule has 0 spiro atoms. The Hall–Kier alpha value is -1.35. The van der Waals surface area contributed by atoms with E-state index in [9.17, 15) is 4.79 Å². The van der Waals surface area contributed by atoms with Crippen LogP contribution in [0.3, 0.4) is 0 Å². The molecule has 0 heterocycles. The molecule has 2 rings (SSSR count). The summed E-state index contributed by atoms with van der Waals surface area (Å²) in [5.41, 5.74) is 7.51. The Morgan fingerprint density at radius 1 is 1.25 bits per heavy atom. The zero-order valence-electron chi connectivity index (χ0n) is 12.5. The average Bonchev–Trinajstić information content (AvgIpc) is 2.48. The topological polar surface area (TPSA) is 46.3 Å². The fraction of sp³-hybridized carbons (Fsp3) is 0.588. The lowest BCUT2D eigenvalue weighted by Gasteiger charge is -2.27. The molecule has 0 unspecified atom stereocenters. The molecular weight excluding hydrogens is 248 g/mol. The highest BCUT2D eigenvalue weighted by molar-refractivity contribution is 5.95. The van der Waals surface area contributed by atoms with Gasteiger partial charge in [-0.3, -0.25) is 4.79 Å². The SMILES string of the molecule is CN(CC1CCCCC1)C(=O)c1ccccc1CCN. The van der Waals surface area contributed by atoms with Crippen LogP contribution in [0.4, 0.5) is 0 Å². The molecule has 1 saturated carbocycles. The van der Waals surface area contributed by atoms with Gasteiger partial charge in [-0.1, -0.05) is 37.5 Å². The molecule has 110 valence electrons. The normalized spacial score (nSPS) is 16.1. The molecule has 0 saturated heterocycles. The van der Waals surface area contributed by atoms with E-state index in [4.69, 9.17) is 5.73 Å². The maximum Gasteiger partial charge on any atom is 0.253 e. The van der Waals surface area contributed by atoms with Crippen LogP contribution in [0.5, 0.6) is 0 Å². The van der Waals surface area contributed by atoms with Crippen LogP contribution in [0.15, 0.2) is 24.3 Å². The predicted octanol–water partition coefficient (Wildman–Crippen LogP) is 2.84. The highest BCUT2D eigenvalue weighted by Crippen LogP contribution is 2.24. The Balaban J connectivity index is 2.02. The van der Waals surface area contributed by atoms with Gasteiger partial charge in [-0.05, 0) is 43.4 Å². The van der Waals surface area contributed by atoms with E-state index in [0.717, 1.165) is 24.1 Å². The number of nitrogens with two attached hydrogens (primary N) is 1. The summed E-state index contributed by atoms with van der Waals surface area (Å²) in [5, 5.41) is 0. The fourth-order valence-electron chi connectivity index (χ4n) is 3.15. The van der Waals surface area contributed by atoms with Gasteiger partial charge in [-0.15, -0.1) is 0 Å². The van der Waals surface area contributed by atoms with Crippen LogP contribution in [0.1, 0.15) is 48.0 Å². The molecule has 2 N–H and O–H groups in total. The van der Waals surface area contributed by atoms with E-state index in [2.05, 4.69) is 0 Å². The second kappa shape index (κ2) is 7.44. The monoisotopic (exact) mass is 274 g/mol. The average molecular weight is 274 g/mol. The van der Waals surface area contributed by atoms with E-state index in [0.29, 0.717) is 12.5 Å². The Morgan fingerprint density at radius 2 is 1.95 bits per heavy atom. The molecule has 1 aliphatic rings. The van der Waals surface area contributed by atoms with Crippen molar-refractivity contribution >= 4 is 5.91 Å². The molecule has 1 aromatic rings. The van der Waals surface area contributed by atoms with Gasteiger partial charge >= 0.3 is 0 Å². The number of carbonyl (C=O) groups is 1. The summed E-state index contributed by atoms with van der Waals surface area (Å²) in [6.45, 7) is 1.46. The fourth-order valence-corrected chi connectivity index (χ4v) is 3.15. The van der Waals surface area contributed by atoms with E-state index >= 15 is 0 Å². The first-order chi connectivity index (χ1) is 9.72. The first-order valence-electron chi connectivity index (χ1n) is 7.76. The molecule has 3 nitrogen and oxygen atoms in total. The van der Waals surface area contributed by atoms with E-state index in [1.54, 1.807) is 0 Å². The molecule has 3 heteroatoms. The van der Waals surface area contributed by atoms with Gasteiger partial charge in [0.1, 0.15) is 0 Å². The number of benzene rings is 1. The first-order valence-corrected chi connectivity index (χ1v) is 7.76. The van der Waals surface area contributed by atoms with E-state index in [1.165, 1.54) is 32.1 Å². The number of rotatable bonds is 5. The van der Waals surface area contributed by atoms with Crippen molar-refractivity contribution in [3.63, 3.8) is 0 Å². The van der Waals surface area contributed by atoms with Gasteiger partial charge < -0.3 is 10.6 Å². The molecule has 20 heavy (non-hydrogen) atoms. The van der Waals surface area contributed by atoms with Gasteiger partial charge in [-0.25, -0.2) is 0 Å². The predicted molar refractivity (Wildman–Crippen MR) is 82.7 cm³/mol. The molecular formula is C17H26N2O. The lowest BCUT2D eigenvalue weighted by molar-refractivity contribution is 0.0759. The highest BCUT2D eigenvalue weighted by Gasteiger charge is 2.20. The Bertz CT molecular complexity index is 438. The molecule has 0 bridgehead atoms. The molecule has 1 aromatic carbocycles. The molecule has 1 amide bonds.